The molecule has 1 aliphatic heterocycles. The first-order valence-electron chi connectivity index (χ1n) is 5.78. The van der Waals surface area contributed by atoms with Gasteiger partial charge < -0.3 is 4.90 Å². The molecule has 1 aromatic carbocycles. The molecule has 1 saturated heterocycles. The van der Waals surface area contributed by atoms with Gasteiger partial charge >= 0.3 is 0 Å². The summed E-state index contributed by atoms with van der Waals surface area (Å²) in [7, 11) is 0. The molecule has 1 aromatic rings. The van der Waals surface area contributed by atoms with Gasteiger partial charge in [0, 0.05) is 35.5 Å². The smallest absolute Gasteiger partial charge is 0.223 e. The lowest BCUT2D eigenvalue weighted by Crippen LogP contribution is -2.27. The Morgan fingerprint density at radius 2 is 2.22 bits per heavy atom. The van der Waals surface area contributed by atoms with Crippen molar-refractivity contribution in [3.8, 4) is 12.3 Å². The summed E-state index contributed by atoms with van der Waals surface area (Å²) in [5, 5.41) is 1.34. The standard InChI is InChI=1S/C14H13Cl2NO/c1-2-10-7-14(18)17(9-10)6-5-11-8-12(15)3-4-13(11)16/h1,3-4,8,10H,5-7,9H2. The van der Waals surface area contributed by atoms with Crippen molar-refractivity contribution >= 4 is 29.1 Å². The Balaban J connectivity index is 1.98. The molecule has 94 valence electrons. The van der Waals surface area contributed by atoms with Crippen molar-refractivity contribution in [2.24, 2.45) is 5.92 Å². The monoisotopic (exact) mass is 281 g/mol. The summed E-state index contributed by atoms with van der Waals surface area (Å²) in [4.78, 5) is 13.5. The number of hydrogen-bond acceptors (Lipinski definition) is 1. The number of amides is 1. The molecular formula is C14H13Cl2NO. The number of hydrogen-bond donors (Lipinski definition) is 0. The Bertz CT molecular complexity index is 507. The first kappa shape index (κ1) is 13.3. The second-order valence-electron chi connectivity index (χ2n) is 4.39. The van der Waals surface area contributed by atoms with Crippen LogP contribution in [-0.4, -0.2) is 23.9 Å². The third-order valence-corrected chi connectivity index (χ3v) is 3.71. The number of likely N-dealkylation sites (tertiary alicyclic amines) is 1. The van der Waals surface area contributed by atoms with Crippen LogP contribution >= 0.6 is 23.2 Å². The van der Waals surface area contributed by atoms with Crippen LogP contribution in [0.2, 0.25) is 10.0 Å². The van der Waals surface area contributed by atoms with Crippen molar-refractivity contribution in [2.45, 2.75) is 12.8 Å². The summed E-state index contributed by atoms with van der Waals surface area (Å²) in [5.74, 6) is 2.80. The van der Waals surface area contributed by atoms with E-state index in [9.17, 15) is 4.79 Å². The first-order valence-corrected chi connectivity index (χ1v) is 6.53. The van der Waals surface area contributed by atoms with E-state index >= 15 is 0 Å². The van der Waals surface area contributed by atoms with Crippen LogP contribution < -0.4 is 0 Å². The van der Waals surface area contributed by atoms with Gasteiger partial charge in [-0.2, -0.15) is 0 Å². The van der Waals surface area contributed by atoms with E-state index in [1.807, 2.05) is 6.07 Å². The molecule has 2 nitrogen and oxygen atoms in total. The van der Waals surface area contributed by atoms with E-state index in [4.69, 9.17) is 29.6 Å². The summed E-state index contributed by atoms with van der Waals surface area (Å²) in [5.41, 5.74) is 0.959. The Morgan fingerprint density at radius 1 is 1.44 bits per heavy atom. The van der Waals surface area contributed by atoms with Crippen molar-refractivity contribution in [1.29, 1.82) is 0 Å². The van der Waals surface area contributed by atoms with Gasteiger partial charge in [-0.25, -0.2) is 0 Å². The normalized spacial score (nSPS) is 19.1. The lowest BCUT2D eigenvalue weighted by Gasteiger charge is -2.16. The van der Waals surface area contributed by atoms with Crippen LogP contribution in [0.25, 0.3) is 0 Å². The van der Waals surface area contributed by atoms with E-state index < -0.39 is 0 Å². The highest BCUT2D eigenvalue weighted by atomic mass is 35.5. The second kappa shape index (κ2) is 5.65. The summed E-state index contributed by atoms with van der Waals surface area (Å²) in [6, 6.07) is 5.36. The van der Waals surface area contributed by atoms with E-state index in [-0.39, 0.29) is 11.8 Å². The van der Waals surface area contributed by atoms with Crippen molar-refractivity contribution < 1.29 is 4.79 Å². The lowest BCUT2D eigenvalue weighted by molar-refractivity contribution is -0.127. The molecule has 0 bridgehead atoms. The minimum Gasteiger partial charge on any atom is -0.341 e. The molecule has 1 amide bonds. The van der Waals surface area contributed by atoms with Crippen molar-refractivity contribution in [3.63, 3.8) is 0 Å². The predicted octanol–water partition coefficient (Wildman–Crippen LogP) is 3.02. The van der Waals surface area contributed by atoms with Gasteiger partial charge in [-0.3, -0.25) is 4.79 Å². The number of terminal acetylenes is 1. The molecule has 0 spiro atoms. The first-order chi connectivity index (χ1) is 8.60. The molecule has 1 fully saturated rings. The highest BCUT2D eigenvalue weighted by Gasteiger charge is 2.27. The molecule has 1 atom stereocenters. The maximum atomic E-state index is 11.7. The number of rotatable bonds is 3. The van der Waals surface area contributed by atoms with E-state index in [1.165, 1.54) is 0 Å². The maximum Gasteiger partial charge on any atom is 0.223 e. The van der Waals surface area contributed by atoms with Crippen LogP contribution in [-0.2, 0) is 11.2 Å². The van der Waals surface area contributed by atoms with Gasteiger partial charge in [0.25, 0.3) is 0 Å². The fraction of sp³-hybridized carbons (Fsp3) is 0.357. The summed E-state index contributed by atoms with van der Waals surface area (Å²) < 4.78 is 0. The minimum atomic E-state index is 0.0485. The highest BCUT2D eigenvalue weighted by Crippen LogP contribution is 2.23. The SMILES string of the molecule is C#CC1CC(=O)N(CCc2cc(Cl)ccc2Cl)C1. The molecule has 1 unspecified atom stereocenters. The Morgan fingerprint density at radius 3 is 2.89 bits per heavy atom. The number of nitrogens with zero attached hydrogens (tertiary/aromatic N) is 1. The predicted molar refractivity (Wildman–Crippen MR) is 73.7 cm³/mol. The van der Waals surface area contributed by atoms with Gasteiger partial charge in [0.1, 0.15) is 0 Å². The van der Waals surface area contributed by atoms with Gasteiger partial charge in [-0.05, 0) is 30.2 Å². The summed E-state index contributed by atoms with van der Waals surface area (Å²) in [6.07, 6.45) is 6.50. The van der Waals surface area contributed by atoms with Gasteiger partial charge in [0.05, 0.1) is 0 Å². The van der Waals surface area contributed by atoms with Crippen molar-refractivity contribution in [3.05, 3.63) is 33.8 Å². The fourth-order valence-corrected chi connectivity index (χ4v) is 2.50. The maximum absolute atomic E-state index is 11.7. The van der Waals surface area contributed by atoms with Gasteiger partial charge in [-0.1, -0.05) is 23.2 Å². The average Bonchev–Trinajstić information content (AvgIpc) is 2.71. The van der Waals surface area contributed by atoms with Crippen molar-refractivity contribution in [2.75, 3.05) is 13.1 Å². The van der Waals surface area contributed by atoms with Crippen LogP contribution in [0.3, 0.4) is 0 Å². The van der Waals surface area contributed by atoms with Crippen LogP contribution in [0.5, 0.6) is 0 Å². The Kier molecular flexibility index (Phi) is 4.16. The zero-order valence-electron chi connectivity index (χ0n) is 9.83. The van der Waals surface area contributed by atoms with Crippen LogP contribution in [0.15, 0.2) is 18.2 Å². The number of halogens is 2. The molecule has 2 rings (SSSR count). The molecule has 18 heavy (non-hydrogen) atoms. The third-order valence-electron chi connectivity index (χ3n) is 3.11. The number of carbonyl (C=O) groups is 1. The number of benzene rings is 1. The Labute approximate surface area is 117 Å². The molecule has 4 heteroatoms. The van der Waals surface area contributed by atoms with E-state index in [0.29, 0.717) is 36.0 Å². The average molecular weight is 282 g/mol. The van der Waals surface area contributed by atoms with Crippen LogP contribution in [0, 0.1) is 18.3 Å². The van der Waals surface area contributed by atoms with E-state index in [2.05, 4.69) is 5.92 Å². The van der Waals surface area contributed by atoms with Crippen LogP contribution in [0.1, 0.15) is 12.0 Å². The van der Waals surface area contributed by atoms with Gasteiger partial charge in [-0.15, -0.1) is 12.3 Å². The van der Waals surface area contributed by atoms with E-state index in [0.717, 1.165) is 5.56 Å². The quantitative estimate of drug-likeness (QED) is 0.780. The van der Waals surface area contributed by atoms with E-state index in [1.54, 1.807) is 17.0 Å². The molecule has 1 aliphatic rings. The lowest BCUT2D eigenvalue weighted by atomic mass is 10.1. The molecule has 0 saturated carbocycles. The van der Waals surface area contributed by atoms with Gasteiger partial charge in [0.2, 0.25) is 5.91 Å². The molecule has 0 radical (unpaired) electrons. The Hall–Kier alpha value is -1.17. The minimum absolute atomic E-state index is 0.0485. The molecule has 0 N–H and O–H groups in total. The zero-order chi connectivity index (χ0) is 13.1. The molecule has 0 aromatic heterocycles. The number of carbonyl (C=O) groups excluding carboxylic acids is 1. The topological polar surface area (TPSA) is 20.3 Å². The summed E-state index contributed by atoms with van der Waals surface area (Å²) in [6.45, 7) is 1.28. The largest absolute Gasteiger partial charge is 0.341 e. The molecule has 0 aliphatic carbocycles. The molecular weight excluding hydrogens is 269 g/mol. The zero-order valence-corrected chi connectivity index (χ0v) is 11.3. The fourth-order valence-electron chi connectivity index (χ4n) is 2.09. The third kappa shape index (κ3) is 2.98. The molecule has 1 heterocycles. The van der Waals surface area contributed by atoms with Crippen LogP contribution in [0.4, 0.5) is 0 Å². The second-order valence-corrected chi connectivity index (χ2v) is 5.24. The highest BCUT2D eigenvalue weighted by molar-refractivity contribution is 6.33. The summed E-state index contributed by atoms with van der Waals surface area (Å²) >= 11 is 12.0. The van der Waals surface area contributed by atoms with Crippen molar-refractivity contribution in [1.82, 2.24) is 4.90 Å². The van der Waals surface area contributed by atoms with Gasteiger partial charge in [0.15, 0.2) is 0 Å².